The molecule has 2 heterocycles. The van der Waals surface area contributed by atoms with Crippen molar-refractivity contribution < 1.29 is 4.79 Å². The largest absolute Gasteiger partial charge is 0.337 e. The summed E-state index contributed by atoms with van der Waals surface area (Å²) in [5.41, 5.74) is 6.08. The minimum atomic E-state index is -0.166. The van der Waals surface area contributed by atoms with Crippen molar-refractivity contribution in [3.63, 3.8) is 0 Å². The van der Waals surface area contributed by atoms with E-state index in [4.69, 9.17) is 0 Å². The van der Waals surface area contributed by atoms with Gasteiger partial charge in [0.25, 0.3) is 0 Å². The molecule has 2 aromatic carbocycles. The van der Waals surface area contributed by atoms with Crippen molar-refractivity contribution >= 4 is 34.1 Å². The third-order valence-electron chi connectivity index (χ3n) is 4.59. The van der Waals surface area contributed by atoms with Gasteiger partial charge < -0.3 is 15.2 Å². The first-order valence-corrected chi connectivity index (χ1v) is 9.53. The highest BCUT2D eigenvalue weighted by molar-refractivity contribution is 7.07. The second-order valence-electron chi connectivity index (χ2n) is 6.32. The molecule has 27 heavy (non-hydrogen) atoms. The Balaban J connectivity index is 1.51. The van der Waals surface area contributed by atoms with Gasteiger partial charge in [-0.15, -0.1) is 11.3 Å². The zero-order chi connectivity index (χ0) is 18.8. The number of amides is 2. The second kappa shape index (κ2) is 7.20. The molecular formula is C20H19N5OS. The third-order valence-corrected chi connectivity index (χ3v) is 5.18. The maximum Gasteiger partial charge on any atom is 0.322 e. The van der Waals surface area contributed by atoms with Crippen LogP contribution < -0.4 is 5.32 Å². The van der Waals surface area contributed by atoms with E-state index in [0.717, 1.165) is 28.1 Å². The molecule has 0 aliphatic heterocycles. The zero-order valence-corrected chi connectivity index (χ0v) is 15.8. The highest BCUT2D eigenvalue weighted by atomic mass is 32.1. The van der Waals surface area contributed by atoms with Gasteiger partial charge in [-0.25, -0.2) is 14.8 Å². The van der Waals surface area contributed by atoms with Crippen LogP contribution in [0.3, 0.4) is 0 Å². The van der Waals surface area contributed by atoms with Gasteiger partial charge in [-0.2, -0.15) is 0 Å². The fourth-order valence-electron chi connectivity index (χ4n) is 2.88. The minimum absolute atomic E-state index is 0.0309. The van der Waals surface area contributed by atoms with E-state index in [1.165, 1.54) is 11.3 Å². The highest BCUT2D eigenvalue weighted by Crippen LogP contribution is 2.24. The number of imidazole rings is 1. The predicted octanol–water partition coefficient (Wildman–Crippen LogP) is 4.91. The molecule has 0 aliphatic rings. The van der Waals surface area contributed by atoms with Gasteiger partial charge in [-0.1, -0.05) is 30.3 Å². The molecule has 136 valence electrons. The summed E-state index contributed by atoms with van der Waals surface area (Å²) in [6.07, 6.45) is 0. The fourth-order valence-corrected chi connectivity index (χ4v) is 3.41. The predicted molar refractivity (Wildman–Crippen MR) is 109 cm³/mol. The molecule has 2 amide bonds. The van der Waals surface area contributed by atoms with E-state index >= 15 is 0 Å². The number of thiazole rings is 1. The van der Waals surface area contributed by atoms with Crippen LogP contribution in [0.5, 0.6) is 0 Å². The number of anilines is 1. The van der Waals surface area contributed by atoms with Gasteiger partial charge in [0.1, 0.15) is 5.69 Å². The van der Waals surface area contributed by atoms with E-state index in [0.29, 0.717) is 5.69 Å². The van der Waals surface area contributed by atoms with E-state index < -0.39 is 0 Å². The average molecular weight is 377 g/mol. The van der Waals surface area contributed by atoms with Crippen LogP contribution in [0.25, 0.3) is 22.6 Å². The minimum Gasteiger partial charge on any atom is -0.337 e. The smallest absolute Gasteiger partial charge is 0.322 e. The van der Waals surface area contributed by atoms with Crippen LogP contribution >= 0.6 is 11.3 Å². The lowest BCUT2D eigenvalue weighted by molar-refractivity contribution is 0.208. The summed E-state index contributed by atoms with van der Waals surface area (Å²) < 4.78 is 0. The van der Waals surface area contributed by atoms with Crippen molar-refractivity contribution in [2.45, 2.75) is 13.0 Å². The van der Waals surface area contributed by atoms with Crippen molar-refractivity contribution in [1.82, 2.24) is 19.9 Å². The summed E-state index contributed by atoms with van der Waals surface area (Å²) >= 11 is 1.53. The maximum absolute atomic E-state index is 12.6. The van der Waals surface area contributed by atoms with Crippen LogP contribution in [-0.4, -0.2) is 32.9 Å². The van der Waals surface area contributed by atoms with Crippen molar-refractivity contribution in [2.75, 3.05) is 12.4 Å². The van der Waals surface area contributed by atoms with Crippen LogP contribution in [0.15, 0.2) is 59.4 Å². The van der Waals surface area contributed by atoms with Crippen LogP contribution in [0, 0.1) is 0 Å². The number of aromatic amines is 1. The van der Waals surface area contributed by atoms with E-state index in [-0.39, 0.29) is 12.1 Å². The van der Waals surface area contributed by atoms with Crippen molar-refractivity contribution in [2.24, 2.45) is 0 Å². The third kappa shape index (κ3) is 3.54. The van der Waals surface area contributed by atoms with Gasteiger partial charge >= 0.3 is 6.03 Å². The van der Waals surface area contributed by atoms with Gasteiger partial charge in [-0.3, -0.25) is 0 Å². The molecule has 0 aliphatic carbocycles. The number of benzene rings is 2. The van der Waals surface area contributed by atoms with Crippen molar-refractivity contribution in [3.05, 3.63) is 65.0 Å². The Labute approximate surface area is 160 Å². The van der Waals surface area contributed by atoms with Crippen molar-refractivity contribution in [3.8, 4) is 11.5 Å². The van der Waals surface area contributed by atoms with Crippen LogP contribution in [0.2, 0.25) is 0 Å². The first-order chi connectivity index (χ1) is 13.1. The number of nitrogens with zero attached hydrogens (tertiary/aromatic N) is 3. The SMILES string of the molecule is C[C@H](c1ccccc1)N(C)C(=O)Nc1ccc2[nH]c(-c3cscn3)nc2c1. The normalized spacial score (nSPS) is 12.1. The molecule has 6 nitrogen and oxygen atoms in total. The fraction of sp³-hybridized carbons (Fsp3) is 0.150. The van der Waals surface area contributed by atoms with Gasteiger partial charge in [0.2, 0.25) is 0 Å². The summed E-state index contributed by atoms with van der Waals surface area (Å²) in [5, 5.41) is 4.89. The number of urea groups is 1. The summed E-state index contributed by atoms with van der Waals surface area (Å²) in [5.74, 6) is 0.726. The lowest BCUT2D eigenvalue weighted by Gasteiger charge is -2.25. The summed E-state index contributed by atoms with van der Waals surface area (Å²) in [6, 6.07) is 15.4. The lowest BCUT2D eigenvalue weighted by atomic mass is 10.1. The molecule has 7 heteroatoms. The van der Waals surface area contributed by atoms with Crippen molar-refractivity contribution in [1.29, 1.82) is 0 Å². The maximum atomic E-state index is 12.6. The Morgan fingerprint density at radius 3 is 2.78 bits per heavy atom. The standard InChI is InChI=1S/C20H19N5OS/c1-13(14-6-4-3-5-7-14)25(2)20(26)22-15-8-9-16-17(10-15)24-19(23-16)18-11-27-12-21-18/h3-13H,1-2H3,(H,22,26)(H,23,24)/t13-/m1/s1. The van der Waals surface area contributed by atoms with Gasteiger partial charge in [0.15, 0.2) is 5.82 Å². The Hall–Kier alpha value is -3.19. The topological polar surface area (TPSA) is 73.9 Å². The first-order valence-electron chi connectivity index (χ1n) is 8.59. The summed E-state index contributed by atoms with van der Waals surface area (Å²) in [4.78, 5) is 26.4. The molecule has 0 fully saturated rings. The summed E-state index contributed by atoms with van der Waals surface area (Å²) in [6.45, 7) is 2.01. The molecule has 2 aromatic heterocycles. The van der Waals surface area contributed by atoms with E-state index in [1.54, 1.807) is 17.5 Å². The Morgan fingerprint density at radius 1 is 1.22 bits per heavy atom. The molecule has 0 bridgehead atoms. The first kappa shape index (κ1) is 17.2. The van der Waals surface area contributed by atoms with Crippen LogP contribution in [0.1, 0.15) is 18.5 Å². The molecule has 4 aromatic rings. The lowest BCUT2D eigenvalue weighted by Crippen LogP contribution is -2.33. The molecular weight excluding hydrogens is 358 g/mol. The number of hydrogen-bond acceptors (Lipinski definition) is 4. The Morgan fingerprint density at radius 2 is 2.04 bits per heavy atom. The second-order valence-corrected chi connectivity index (χ2v) is 7.04. The number of rotatable bonds is 4. The number of carbonyl (C=O) groups excluding carboxylic acids is 1. The average Bonchev–Trinajstić information content (AvgIpc) is 3.36. The summed E-state index contributed by atoms with van der Waals surface area (Å²) in [7, 11) is 1.79. The van der Waals surface area contributed by atoms with Crippen LogP contribution in [0.4, 0.5) is 10.5 Å². The number of hydrogen-bond donors (Lipinski definition) is 2. The molecule has 2 N–H and O–H groups in total. The molecule has 0 unspecified atom stereocenters. The highest BCUT2D eigenvalue weighted by Gasteiger charge is 2.17. The Bertz CT molecular complexity index is 1060. The molecule has 0 radical (unpaired) electrons. The number of nitrogens with one attached hydrogen (secondary N) is 2. The van der Waals surface area contributed by atoms with Gasteiger partial charge in [0, 0.05) is 18.1 Å². The number of carbonyl (C=O) groups is 1. The monoisotopic (exact) mass is 377 g/mol. The Kier molecular flexibility index (Phi) is 4.60. The zero-order valence-electron chi connectivity index (χ0n) is 15.0. The molecule has 0 spiro atoms. The van der Waals surface area contributed by atoms with E-state index in [9.17, 15) is 4.79 Å². The molecule has 4 rings (SSSR count). The molecule has 1 atom stereocenters. The quantitative estimate of drug-likeness (QED) is 0.530. The van der Waals surface area contributed by atoms with Gasteiger partial charge in [-0.05, 0) is 30.7 Å². The van der Waals surface area contributed by atoms with Crippen LogP contribution in [-0.2, 0) is 0 Å². The van der Waals surface area contributed by atoms with E-state index in [1.807, 2.05) is 60.8 Å². The number of aromatic nitrogens is 3. The van der Waals surface area contributed by atoms with E-state index in [2.05, 4.69) is 20.3 Å². The van der Waals surface area contributed by atoms with Gasteiger partial charge in [0.05, 0.1) is 22.6 Å². The number of fused-ring (bicyclic) bond motifs is 1. The molecule has 0 saturated heterocycles. The number of H-pyrrole nitrogens is 1. The molecule has 0 saturated carbocycles.